The van der Waals surface area contributed by atoms with Crippen LogP contribution in [0.1, 0.15) is 36.8 Å². The first-order valence-corrected chi connectivity index (χ1v) is 7.90. The van der Waals surface area contributed by atoms with E-state index in [0.29, 0.717) is 10.3 Å². The Kier molecular flexibility index (Phi) is 6.81. The van der Waals surface area contributed by atoms with Crippen molar-refractivity contribution in [2.24, 2.45) is 0 Å². The summed E-state index contributed by atoms with van der Waals surface area (Å²) < 4.78 is 0.376. The van der Waals surface area contributed by atoms with Gasteiger partial charge < -0.3 is 5.11 Å². The Morgan fingerprint density at radius 3 is 2.12 bits per heavy atom. The summed E-state index contributed by atoms with van der Waals surface area (Å²) in [6, 6.07) is 7.69. The van der Waals surface area contributed by atoms with E-state index in [4.69, 9.17) is 0 Å². The zero-order valence-corrected chi connectivity index (χ0v) is 11.6. The van der Waals surface area contributed by atoms with Gasteiger partial charge in [-0.3, -0.25) is 0 Å². The van der Waals surface area contributed by atoms with Crippen LogP contribution in [0, 0.1) is 0 Å². The van der Waals surface area contributed by atoms with Crippen LogP contribution in [0.2, 0.25) is 0 Å². The van der Waals surface area contributed by atoms with E-state index in [1.54, 1.807) is 6.07 Å². The van der Waals surface area contributed by atoms with Gasteiger partial charge in [0, 0.05) is 5.56 Å². The highest BCUT2D eigenvalue weighted by atomic mass is 32.2. The summed E-state index contributed by atoms with van der Waals surface area (Å²) in [5.41, 5.74) is 1.07. The molecule has 0 aliphatic heterocycles. The van der Waals surface area contributed by atoms with Gasteiger partial charge >= 0.3 is 0 Å². The maximum absolute atomic E-state index is 9.85. The standard InChI is InChI=1S/C13H20OS2/c1-3-9-15-13(16-10-4-2)11-7-5-6-8-12(11)14/h5-8,13-14H,3-4,9-10H2,1-2H3. The molecular formula is C13H20OS2. The quantitative estimate of drug-likeness (QED) is 0.715. The fourth-order valence-corrected chi connectivity index (χ4v) is 3.98. The van der Waals surface area contributed by atoms with Crippen LogP contribution in [0.3, 0.4) is 0 Å². The Balaban J connectivity index is 2.70. The molecule has 0 radical (unpaired) electrons. The number of hydrogen-bond acceptors (Lipinski definition) is 3. The largest absolute Gasteiger partial charge is 0.508 e. The Bertz CT molecular complexity index is 294. The molecule has 1 rings (SSSR count). The summed E-state index contributed by atoms with van der Waals surface area (Å²) in [6.45, 7) is 4.39. The summed E-state index contributed by atoms with van der Waals surface area (Å²) in [4.78, 5) is 0. The highest BCUT2D eigenvalue weighted by molar-refractivity contribution is 8.16. The third kappa shape index (κ3) is 4.30. The number of benzene rings is 1. The average molecular weight is 256 g/mol. The molecule has 90 valence electrons. The Labute approximate surface area is 107 Å². The lowest BCUT2D eigenvalue weighted by atomic mass is 10.2. The fourth-order valence-electron chi connectivity index (χ4n) is 1.36. The van der Waals surface area contributed by atoms with E-state index in [0.717, 1.165) is 17.1 Å². The fraction of sp³-hybridized carbons (Fsp3) is 0.538. The molecule has 1 aromatic rings. The summed E-state index contributed by atoms with van der Waals surface area (Å²) in [6.07, 6.45) is 2.36. The minimum Gasteiger partial charge on any atom is -0.508 e. The van der Waals surface area contributed by atoms with Gasteiger partial charge in [-0.05, 0) is 30.4 Å². The molecule has 1 nitrogen and oxygen atoms in total. The first-order chi connectivity index (χ1) is 7.79. The van der Waals surface area contributed by atoms with E-state index >= 15 is 0 Å². The Morgan fingerprint density at radius 2 is 1.62 bits per heavy atom. The van der Waals surface area contributed by atoms with Gasteiger partial charge in [0.25, 0.3) is 0 Å². The molecule has 1 N–H and O–H groups in total. The molecule has 3 heteroatoms. The van der Waals surface area contributed by atoms with Crippen molar-refractivity contribution in [1.29, 1.82) is 0 Å². The number of para-hydroxylation sites is 1. The van der Waals surface area contributed by atoms with Crippen LogP contribution in [0.15, 0.2) is 24.3 Å². The molecule has 0 saturated heterocycles. The lowest BCUT2D eigenvalue weighted by Crippen LogP contribution is -1.93. The van der Waals surface area contributed by atoms with Gasteiger partial charge in [-0.25, -0.2) is 0 Å². The van der Waals surface area contributed by atoms with Gasteiger partial charge in [-0.15, -0.1) is 23.5 Å². The van der Waals surface area contributed by atoms with Crippen LogP contribution >= 0.6 is 23.5 Å². The van der Waals surface area contributed by atoms with Gasteiger partial charge in [-0.1, -0.05) is 32.0 Å². The van der Waals surface area contributed by atoms with Crippen LogP contribution in [0.5, 0.6) is 5.75 Å². The molecule has 0 aliphatic carbocycles. The van der Waals surface area contributed by atoms with E-state index in [1.807, 2.05) is 41.7 Å². The monoisotopic (exact) mass is 256 g/mol. The first kappa shape index (κ1) is 13.8. The van der Waals surface area contributed by atoms with Crippen molar-refractivity contribution >= 4 is 23.5 Å². The van der Waals surface area contributed by atoms with Gasteiger partial charge in [-0.2, -0.15) is 0 Å². The summed E-state index contributed by atoms with van der Waals surface area (Å²) in [7, 11) is 0. The molecule has 0 atom stereocenters. The minimum absolute atomic E-state index is 0.376. The van der Waals surface area contributed by atoms with Crippen LogP contribution in [0.25, 0.3) is 0 Å². The second-order valence-electron chi connectivity index (χ2n) is 3.63. The van der Waals surface area contributed by atoms with Gasteiger partial charge in [0.05, 0.1) is 4.58 Å². The number of phenolic OH excluding ortho intramolecular Hbond substituents is 1. The van der Waals surface area contributed by atoms with Gasteiger partial charge in [0.15, 0.2) is 0 Å². The Hall–Kier alpha value is -0.280. The Morgan fingerprint density at radius 1 is 1.06 bits per heavy atom. The van der Waals surface area contributed by atoms with Gasteiger partial charge in [0.1, 0.15) is 5.75 Å². The van der Waals surface area contributed by atoms with Crippen molar-refractivity contribution in [3.8, 4) is 5.75 Å². The van der Waals surface area contributed by atoms with E-state index in [-0.39, 0.29) is 0 Å². The van der Waals surface area contributed by atoms with Crippen LogP contribution in [-0.4, -0.2) is 16.6 Å². The van der Waals surface area contributed by atoms with Crippen LogP contribution in [-0.2, 0) is 0 Å². The van der Waals surface area contributed by atoms with E-state index in [2.05, 4.69) is 13.8 Å². The number of thioether (sulfide) groups is 2. The highest BCUT2D eigenvalue weighted by Gasteiger charge is 2.14. The molecule has 0 aromatic heterocycles. The third-order valence-electron chi connectivity index (χ3n) is 2.14. The molecule has 0 amide bonds. The molecule has 0 fully saturated rings. The zero-order valence-electron chi connectivity index (χ0n) is 9.98. The van der Waals surface area contributed by atoms with Crippen molar-refractivity contribution in [3.63, 3.8) is 0 Å². The maximum atomic E-state index is 9.85. The summed E-state index contributed by atoms with van der Waals surface area (Å²) in [5.74, 6) is 2.73. The van der Waals surface area contributed by atoms with E-state index in [1.165, 1.54) is 12.8 Å². The third-order valence-corrected chi connectivity index (χ3v) is 5.36. The SMILES string of the molecule is CCCSC(SCCC)c1ccccc1O. The lowest BCUT2D eigenvalue weighted by Gasteiger charge is -2.17. The second-order valence-corrected chi connectivity index (χ2v) is 6.36. The van der Waals surface area contributed by atoms with Crippen LogP contribution < -0.4 is 0 Å². The molecule has 0 saturated carbocycles. The predicted octanol–water partition coefficient (Wildman–Crippen LogP) is 4.68. The molecule has 1 aromatic carbocycles. The van der Waals surface area contributed by atoms with Crippen molar-refractivity contribution in [2.45, 2.75) is 31.3 Å². The van der Waals surface area contributed by atoms with Crippen molar-refractivity contribution in [3.05, 3.63) is 29.8 Å². The number of hydrogen-bond donors (Lipinski definition) is 1. The van der Waals surface area contributed by atoms with E-state index < -0.39 is 0 Å². The van der Waals surface area contributed by atoms with Gasteiger partial charge in [0.2, 0.25) is 0 Å². The number of rotatable bonds is 7. The average Bonchev–Trinajstić information content (AvgIpc) is 2.31. The number of phenols is 1. The molecular weight excluding hydrogens is 236 g/mol. The van der Waals surface area contributed by atoms with Crippen molar-refractivity contribution in [1.82, 2.24) is 0 Å². The molecule has 0 aliphatic rings. The second kappa shape index (κ2) is 7.91. The van der Waals surface area contributed by atoms with E-state index in [9.17, 15) is 5.11 Å². The normalized spacial score (nSPS) is 10.9. The summed E-state index contributed by atoms with van der Waals surface area (Å²) >= 11 is 3.86. The highest BCUT2D eigenvalue weighted by Crippen LogP contribution is 2.43. The lowest BCUT2D eigenvalue weighted by molar-refractivity contribution is 0.470. The molecule has 0 heterocycles. The first-order valence-electron chi connectivity index (χ1n) is 5.80. The predicted molar refractivity (Wildman–Crippen MR) is 76.3 cm³/mol. The molecule has 0 bridgehead atoms. The topological polar surface area (TPSA) is 20.2 Å². The molecule has 0 unspecified atom stereocenters. The summed E-state index contributed by atoms with van der Waals surface area (Å²) in [5, 5.41) is 9.85. The van der Waals surface area contributed by atoms with Crippen molar-refractivity contribution in [2.75, 3.05) is 11.5 Å². The number of aromatic hydroxyl groups is 1. The smallest absolute Gasteiger partial charge is 0.120 e. The molecule has 16 heavy (non-hydrogen) atoms. The van der Waals surface area contributed by atoms with Crippen LogP contribution in [0.4, 0.5) is 0 Å². The van der Waals surface area contributed by atoms with Crippen molar-refractivity contribution < 1.29 is 5.11 Å². The maximum Gasteiger partial charge on any atom is 0.120 e. The minimum atomic E-state index is 0.376. The molecule has 0 spiro atoms. The zero-order chi connectivity index (χ0) is 11.8.